The molecular formula is C27H30N2O6S. The number of hydrogen-bond acceptors (Lipinski definition) is 6. The maximum absolute atomic E-state index is 13.6. The molecule has 9 heteroatoms. The fourth-order valence-electron chi connectivity index (χ4n) is 4.34. The summed E-state index contributed by atoms with van der Waals surface area (Å²) in [7, 11) is 0.737. The molecule has 0 aromatic heterocycles. The summed E-state index contributed by atoms with van der Waals surface area (Å²) in [5.41, 5.74) is 2.83. The summed E-state index contributed by atoms with van der Waals surface area (Å²) in [6.07, 6.45) is 0.856. The molecule has 190 valence electrons. The highest BCUT2D eigenvalue weighted by molar-refractivity contribution is 7.89. The number of fused-ring (bicyclic) bond motifs is 1. The van der Waals surface area contributed by atoms with Gasteiger partial charge in [-0.25, -0.2) is 8.42 Å². The third-order valence-corrected chi connectivity index (χ3v) is 8.20. The van der Waals surface area contributed by atoms with Crippen LogP contribution in [0.5, 0.6) is 17.2 Å². The van der Waals surface area contributed by atoms with Crippen LogP contribution in [0.15, 0.2) is 71.6 Å². The molecule has 36 heavy (non-hydrogen) atoms. The van der Waals surface area contributed by atoms with E-state index in [2.05, 4.69) is 5.32 Å². The van der Waals surface area contributed by atoms with Gasteiger partial charge in [0.25, 0.3) is 0 Å². The van der Waals surface area contributed by atoms with Gasteiger partial charge in [-0.15, -0.1) is 0 Å². The molecule has 1 atom stereocenters. The van der Waals surface area contributed by atoms with E-state index >= 15 is 0 Å². The number of nitrogens with one attached hydrogen (secondary N) is 1. The van der Waals surface area contributed by atoms with Crippen LogP contribution >= 0.6 is 0 Å². The lowest BCUT2D eigenvalue weighted by Crippen LogP contribution is -2.52. The number of rotatable bonds is 9. The van der Waals surface area contributed by atoms with Gasteiger partial charge < -0.3 is 19.5 Å². The summed E-state index contributed by atoms with van der Waals surface area (Å²) in [6.45, 7) is 0.473. The van der Waals surface area contributed by atoms with Gasteiger partial charge >= 0.3 is 0 Å². The zero-order chi connectivity index (χ0) is 25.7. The molecule has 3 aromatic carbocycles. The molecule has 1 aliphatic rings. The van der Waals surface area contributed by atoms with Crippen molar-refractivity contribution >= 4 is 15.9 Å². The van der Waals surface area contributed by atoms with Gasteiger partial charge in [-0.3, -0.25) is 4.79 Å². The molecule has 0 aliphatic carbocycles. The monoisotopic (exact) mass is 510 g/mol. The molecule has 1 N–H and O–H groups in total. The molecule has 1 aliphatic heterocycles. The molecule has 0 unspecified atom stereocenters. The number of nitrogens with zero attached hydrogens (tertiary/aromatic N) is 1. The van der Waals surface area contributed by atoms with Gasteiger partial charge in [-0.05, 0) is 65.9 Å². The Labute approximate surface area is 211 Å². The lowest BCUT2D eigenvalue weighted by atomic mass is 9.95. The standard InChI is InChI=1S/C27H30N2O6S/c1-33-22-9-11-23(12-10-22)36(31,32)29-18-21-7-5-4-6-20(21)17-24(29)27(30)28-15-14-19-8-13-25(34-2)26(16-19)35-3/h4-13,16,24H,14-15,17-18H2,1-3H3,(H,28,30)/t24-/m1/s1. The van der Waals surface area contributed by atoms with E-state index in [0.717, 1.165) is 16.7 Å². The highest BCUT2D eigenvalue weighted by Gasteiger charge is 2.39. The Morgan fingerprint density at radius 2 is 1.61 bits per heavy atom. The number of amides is 1. The lowest BCUT2D eigenvalue weighted by molar-refractivity contribution is -0.125. The normalized spacial score (nSPS) is 15.6. The predicted octanol–water partition coefficient (Wildman–Crippen LogP) is 3.19. The summed E-state index contributed by atoms with van der Waals surface area (Å²) in [5.74, 6) is 1.47. The van der Waals surface area contributed by atoms with E-state index in [4.69, 9.17) is 14.2 Å². The molecule has 0 saturated carbocycles. The fraction of sp³-hybridized carbons (Fsp3) is 0.296. The highest BCUT2D eigenvalue weighted by atomic mass is 32.2. The zero-order valence-electron chi connectivity index (χ0n) is 20.6. The van der Waals surface area contributed by atoms with Gasteiger partial charge in [0, 0.05) is 13.1 Å². The molecule has 0 spiro atoms. The number of carbonyl (C=O) groups excluding carboxylic acids is 1. The Bertz CT molecular complexity index is 1320. The Morgan fingerprint density at radius 3 is 2.28 bits per heavy atom. The van der Waals surface area contributed by atoms with Crippen LogP contribution in [0.25, 0.3) is 0 Å². The molecule has 1 heterocycles. The van der Waals surface area contributed by atoms with E-state index in [1.165, 1.54) is 23.5 Å². The van der Waals surface area contributed by atoms with Crippen molar-refractivity contribution in [1.29, 1.82) is 0 Å². The minimum atomic E-state index is -3.93. The summed E-state index contributed by atoms with van der Waals surface area (Å²) < 4.78 is 44.3. The fourth-order valence-corrected chi connectivity index (χ4v) is 5.91. The first kappa shape index (κ1) is 25.5. The van der Waals surface area contributed by atoms with Gasteiger partial charge in [-0.2, -0.15) is 4.31 Å². The van der Waals surface area contributed by atoms with Crippen molar-refractivity contribution in [3.05, 3.63) is 83.4 Å². The van der Waals surface area contributed by atoms with Gasteiger partial charge in [0.1, 0.15) is 11.8 Å². The Kier molecular flexibility index (Phi) is 7.81. The minimum Gasteiger partial charge on any atom is -0.497 e. The van der Waals surface area contributed by atoms with Crippen molar-refractivity contribution < 1.29 is 27.4 Å². The quantitative estimate of drug-likeness (QED) is 0.475. The van der Waals surface area contributed by atoms with Crippen LogP contribution in [0.4, 0.5) is 0 Å². The molecule has 0 radical (unpaired) electrons. The van der Waals surface area contributed by atoms with E-state index in [9.17, 15) is 13.2 Å². The van der Waals surface area contributed by atoms with Crippen LogP contribution in [0.1, 0.15) is 16.7 Å². The topological polar surface area (TPSA) is 94.2 Å². The highest BCUT2D eigenvalue weighted by Crippen LogP contribution is 2.30. The first-order chi connectivity index (χ1) is 17.4. The smallest absolute Gasteiger partial charge is 0.244 e. The largest absolute Gasteiger partial charge is 0.497 e. The van der Waals surface area contributed by atoms with Crippen LogP contribution in [0.2, 0.25) is 0 Å². The predicted molar refractivity (Wildman–Crippen MR) is 136 cm³/mol. The van der Waals surface area contributed by atoms with E-state index in [-0.39, 0.29) is 17.3 Å². The number of benzene rings is 3. The number of methoxy groups -OCH3 is 3. The van der Waals surface area contributed by atoms with E-state index < -0.39 is 16.1 Å². The second kappa shape index (κ2) is 11.0. The number of hydrogen-bond donors (Lipinski definition) is 1. The van der Waals surface area contributed by atoms with E-state index in [1.54, 1.807) is 26.4 Å². The molecule has 0 fully saturated rings. The maximum atomic E-state index is 13.6. The molecule has 0 bridgehead atoms. The molecular weight excluding hydrogens is 480 g/mol. The molecule has 1 amide bonds. The van der Waals surface area contributed by atoms with E-state index in [0.29, 0.717) is 36.6 Å². The maximum Gasteiger partial charge on any atom is 0.244 e. The number of ether oxygens (including phenoxy) is 3. The van der Waals surface area contributed by atoms with Crippen molar-refractivity contribution in [1.82, 2.24) is 9.62 Å². The minimum absolute atomic E-state index is 0.116. The summed E-state index contributed by atoms with van der Waals surface area (Å²) in [6, 6.07) is 18.5. The van der Waals surface area contributed by atoms with Crippen molar-refractivity contribution in [3.8, 4) is 17.2 Å². The molecule has 3 aromatic rings. The van der Waals surface area contributed by atoms with Crippen LogP contribution in [-0.4, -0.2) is 52.5 Å². The first-order valence-corrected chi connectivity index (χ1v) is 13.0. The van der Waals surface area contributed by atoms with Crippen LogP contribution in [0.3, 0.4) is 0 Å². The summed E-state index contributed by atoms with van der Waals surface area (Å²) in [5, 5.41) is 2.93. The van der Waals surface area contributed by atoms with Gasteiger partial charge in [0.05, 0.1) is 26.2 Å². The van der Waals surface area contributed by atoms with Gasteiger partial charge in [0.15, 0.2) is 11.5 Å². The van der Waals surface area contributed by atoms with Crippen LogP contribution in [-0.2, 0) is 34.2 Å². The van der Waals surface area contributed by atoms with Crippen molar-refractivity contribution in [2.24, 2.45) is 0 Å². The van der Waals surface area contributed by atoms with Crippen molar-refractivity contribution in [3.63, 3.8) is 0 Å². The third-order valence-electron chi connectivity index (χ3n) is 6.33. The third kappa shape index (κ3) is 5.32. The van der Waals surface area contributed by atoms with Gasteiger partial charge in [-0.1, -0.05) is 30.3 Å². The van der Waals surface area contributed by atoms with Crippen molar-refractivity contribution in [2.75, 3.05) is 27.9 Å². The first-order valence-electron chi connectivity index (χ1n) is 11.6. The second-order valence-electron chi connectivity index (χ2n) is 8.44. The molecule has 4 rings (SSSR count). The average molecular weight is 511 g/mol. The van der Waals surface area contributed by atoms with Gasteiger partial charge in [0.2, 0.25) is 15.9 Å². The van der Waals surface area contributed by atoms with Crippen LogP contribution in [0, 0.1) is 0 Å². The van der Waals surface area contributed by atoms with Crippen molar-refractivity contribution in [2.45, 2.75) is 30.3 Å². The number of carbonyl (C=O) groups is 1. The van der Waals surface area contributed by atoms with Crippen LogP contribution < -0.4 is 19.5 Å². The summed E-state index contributed by atoms with van der Waals surface area (Å²) in [4.78, 5) is 13.4. The zero-order valence-corrected chi connectivity index (χ0v) is 21.4. The van der Waals surface area contributed by atoms with E-state index in [1.807, 2.05) is 42.5 Å². The summed E-state index contributed by atoms with van der Waals surface area (Å²) >= 11 is 0. The molecule has 0 saturated heterocycles. The Balaban J connectivity index is 1.53. The lowest BCUT2D eigenvalue weighted by Gasteiger charge is -2.35. The Hall–Kier alpha value is -3.56. The second-order valence-corrected chi connectivity index (χ2v) is 10.3. The number of sulfonamides is 1. The Morgan fingerprint density at radius 1 is 0.917 bits per heavy atom. The molecule has 8 nitrogen and oxygen atoms in total. The SMILES string of the molecule is COc1ccc(S(=O)(=O)N2Cc3ccccc3C[C@@H]2C(=O)NCCc2ccc(OC)c(OC)c2)cc1. The average Bonchev–Trinajstić information content (AvgIpc) is 2.92.